The second kappa shape index (κ2) is 5.90. The summed E-state index contributed by atoms with van der Waals surface area (Å²) in [6, 6.07) is 19.9. The minimum atomic E-state index is 0.324. The van der Waals surface area contributed by atoms with Crippen LogP contribution in [0.25, 0.3) is 10.1 Å². The Morgan fingerprint density at radius 2 is 1.71 bits per heavy atom. The first-order valence-corrected chi connectivity index (χ1v) is 8.30. The zero-order valence-electron chi connectivity index (χ0n) is 12.8. The summed E-state index contributed by atoms with van der Waals surface area (Å²) in [5, 5.41) is 4.96. The molecular formula is C19H21NS. The molecule has 1 atom stereocenters. The molecular weight excluding hydrogens is 274 g/mol. The second-order valence-electron chi connectivity index (χ2n) is 5.83. The molecule has 0 spiro atoms. The van der Waals surface area contributed by atoms with E-state index in [1.54, 1.807) is 0 Å². The molecule has 3 rings (SSSR count). The van der Waals surface area contributed by atoms with Gasteiger partial charge in [0.05, 0.1) is 6.04 Å². The fourth-order valence-electron chi connectivity index (χ4n) is 2.52. The van der Waals surface area contributed by atoms with Gasteiger partial charge in [-0.2, -0.15) is 0 Å². The summed E-state index contributed by atoms with van der Waals surface area (Å²) >= 11 is 1.87. The van der Waals surface area contributed by atoms with Gasteiger partial charge >= 0.3 is 0 Å². The van der Waals surface area contributed by atoms with Crippen molar-refractivity contribution in [2.24, 2.45) is 0 Å². The Bertz CT molecular complexity index is 709. The number of anilines is 1. The highest BCUT2D eigenvalue weighted by Gasteiger charge is 2.10. The van der Waals surface area contributed by atoms with Crippen LogP contribution in [0.3, 0.4) is 0 Å². The van der Waals surface area contributed by atoms with Crippen molar-refractivity contribution in [3.8, 4) is 0 Å². The van der Waals surface area contributed by atoms with Crippen LogP contribution in [0.1, 0.15) is 43.2 Å². The highest BCUT2D eigenvalue weighted by Crippen LogP contribution is 2.31. The summed E-state index contributed by atoms with van der Waals surface area (Å²) in [5.74, 6) is 0.561. The maximum absolute atomic E-state index is 3.62. The molecule has 2 heteroatoms. The summed E-state index contributed by atoms with van der Waals surface area (Å²) in [6.07, 6.45) is 0. The Hall–Kier alpha value is -1.80. The maximum atomic E-state index is 3.62. The van der Waals surface area contributed by atoms with E-state index in [0.29, 0.717) is 12.0 Å². The number of benzene rings is 2. The molecule has 0 fully saturated rings. The molecule has 0 saturated carbocycles. The van der Waals surface area contributed by atoms with Gasteiger partial charge in [-0.3, -0.25) is 0 Å². The highest BCUT2D eigenvalue weighted by atomic mass is 32.1. The van der Waals surface area contributed by atoms with Gasteiger partial charge in [0, 0.05) is 15.3 Å². The number of fused-ring (bicyclic) bond motifs is 1. The molecule has 1 unspecified atom stereocenters. The van der Waals surface area contributed by atoms with E-state index < -0.39 is 0 Å². The van der Waals surface area contributed by atoms with Crippen molar-refractivity contribution >= 4 is 27.1 Å². The predicted octanol–water partition coefficient (Wildman–Crippen LogP) is 6.20. The quantitative estimate of drug-likeness (QED) is 0.604. The maximum Gasteiger partial charge on any atom is 0.0578 e. The molecule has 0 radical (unpaired) electrons. The number of thiophene rings is 1. The van der Waals surface area contributed by atoms with E-state index in [0.717, 1.165) is 0 Å². The van der Waals surface area contributed by atoms with Crippen LogP contribution in [0.15, 0.2) is 54.6 Å². The van der Waals surface area contributed by atoms with Gasteiger partial charge in [-0.25, -0.2) is 0 Å². The van der Waals surface area contributed by atoms with Crippen LogP contribution < -0.4 is 5.32 Å². The second-order valence-corrected chi connectivity index (χ2v) is 6.95. The van der Waals surface area contributed by atoms with Crippen LogP contribution in [-0.4, -0.2) is 0 Å². The van der Waals surface area contributed by atoms with Gasteiger partial charge in [0.2, 0.25) is 0 Å². The van der Waals surface area contributed by atoms with E-state index in [9.17, 15) is 0 Å². The molecule has 1 heterocycles. The standard InChI is InChI=1S/C19H21NS/c1-13(2)15-8-6-9-17(11-15)20-14(3)19-12-16-7-4-5-10-18(16)21-19/h4-14,20H,1-3H3. The molecule has 21 heavy (non-hydrogen) atoms. The molecule has 3 aromatic rings. The van der Waals surface area contributed by atoms with E-state index in [2.05, 4.69) is 80.7 Å². The zero-order valence-corrected chi connectivity index (χ0v) is 13.6. The summed E-state index contributed by atoms with van der Waals surface area (Å²) in [5.41, 5.74) is 2.58. The summed E-state index contributed by atoms with van der Waals surface area (Å²) in [4.78, 5) is 1.38. The van der Waals surface area contributed by atoms with Crippen molar-refractivity contribution < 1.29 is 0 Å². The molecule has 1 N–H and O–H groups in total. The Balaban J connectivity index is 1.82. The van der Waals surface area contributed by atoms with E-state index >= 15 is 0 Å². The van der Waals surface area contributed by atoms with Gasteiger partial charge < -0.3 is 5.32 Å². The lowest BCUT2D eigenvalue weighted by Gasteiger charge is -2.15. The smallest absolute Gasteiger partial charge is 0.0578 e. The van der Waals surface area contributed by atoms with Crippen LogP contribution in [0.2, 0.25) is 0 Å². The third-order valence-electron chi connectivity index (χ3n) is 3.81. The van der Waals surface area contributed by atoms with Gasteiger partial charge in [-0.15, -0.1) is 11.3 Å². The van der Waals surface area contributed by atoms with E-state index in [1.807, 2.05) is 11.3 Å². The Morgan fingerprint density at radius 3 is 2.48 bits per heavy atom. The van der Waals surface area contributed by atoms with Crippen molar-refractivity contribution in [2.75, 3.05) is 5.32 Å². The monoisotopic (exact) mass is 295 g/mol. The summed E-state index contributed by atoms with van der Waals surface area (Å²) in [6.45, 7) is 6.69. The topological polar surface area (TPSA) is 12.0 Å². The first kappa shape index (κ1) is 14.2. The Kier molecular flexibility index (Phi) is 3.98. The molecule has 0 aliphatic heterocycles. The first-order chi connectivity index (χ1) is 10.1. The number of hydrogen-bond donors (Lipinski definition) is 1. The third kappa shape index (κ3) is 3.11. The van der Waals surface area contributed by atoms with Crippen molar-refractivity contribution in [1.82, 2.24) is 0 Å². The molecule has 108 valence electrons. The van der Waals surface area contributed by atoms with Gasteiger partial charge in [0.1, 0.15) is 0 Å². The average molecular weight is 295 g/mol. The number of rotatable bonds is 4. The Morgan fingerprint density at radius 1 is 0.905 bits per heavy atom. The van der Waals surface area contributed by atoms with Crippen LogP contribution in [0.4, 0.5) is 5.69 Å². The highest BCUT2D eigenvalue weighted by molar-refractivity contribution is 7.19. The van der Waals surface area contributed by atoms with Gasteiger partial charge in [-0.05, 0) is 48.1 Å². The van der Waals surface area contributed by atoms with Gasteiger partial charge in [-0.1, -0.05) is 44.2 Å². The first-order valence-electron chi connectivity index (χ1n) is 7.48. The summed E-state index contributed by atoms with van der Waals surface area (Å²) in [7, 11) is 0. The lowest BCUT2D eigenvalue weighted by Crippen LogP contribution is -2.05. The fourth-order valence-corrected chi connectivity index (χ4v) is 3.59. The molecule has 0 aliphatic rings. The SMILES string of the molecule is CC(C)c1cccc(NC(C)c2cc3ccccc3s2)c1. The zero-order chi connectivity index (χ0) is 14.8. The van der Waals surface area contributed by atoms with Gasteiger partial charge in [0.25, 0.3) is 0 Å². The minimum Gasteiger partial charge on any atom is -0.378 e. The van der Waals surface area contributed by atoms with Gasteiger partial charge in [0.15, 0.2) is 0 Å². The van der Waals surface area contributed by atoms with Crippen LogP contribution in [0.5, 0.6) is 0 Å². The van der Waals surface area contributed by atoms with Crippen molar-refractivity contribution in [1.29, 1.82) is 0 Å². The van der Waals surface area contributed by atoms with E-state index in [4.69, 9.17) is 0 Å². The van der Waals surface area contributed by atoms with E-state index in [1.165, 1.54) is 26.2 Å². The third-order valence-corrected chi connectivity index (χ3v) is 5.11. The molecule has 0 amide bonds. The van der Waals surface area contributed by atoms with Crippen molar-refractivity contribution in [3.63, 3.8) is 0 Å². The average Bonchev–Trinajstić information content (AvgIpc) is 2.91. The molecule has 1 aromatic heterocycles. The van der Waals surface area contributed by atoms with Crippen molar-refractivity contribution in [2.45, 2.75) is 32.7 Å². The van der Waals surface area contributed by atoms with Crippen LogP contribution >= 0.6 is 11.3 Å². The molecule has 2 aromatic carbocycles. The fraction of sp³-hybridized carbons (Fsp3) is 0.263. The largest absolute Gasteiger partial charge is 0.378 e. The molecule has 0 bridgehead atoms. The van der Waals surface area contributed by atoms with E-state index in [-0.39, 0.29) is 0 Å². The minimum absolute atomic E-state index is 0.324. The van der Waals surface area contributed by atoms with Crippen molar-refractivity contribution in [3.05, 3.63) is 65.0 Å². The molecule has 1 nitrogen and oxygen atoms in total. The number of hydrogen-bond acceptors (Lipinski definition) is 2. The summed E-state index contributed by atoms with van der Waals surface area (Å²) < 4.78 is 1.36. The number of nitrogens with one attached hydrogen (secondary N) is 1. The Labute approximate surface area is 130 Å². The molecule has 0 aliphatic carbocycles. The lowest BCUT2D eigenvalue weighted by atomic mass is 10.0. The van der Waals surface area contributed by atoms with Crippen LogP contribution in [0, 0.1) is 0 Å². The normalized spacial score (nSPS) is 12.8. The lowest BCUT2D eigenvalue weighted by molar-refractivity contribution is 0.862. The molecule has 0 saturated heterocycles. The van der Waals surface area contributed by atoms with Crippen LogP contribution in [-0.2, 0) is 0 Å². The predicted molar refractivity (Wildman–Crippen MR) is 94.4 cm³/mol.